The van der Waals surface area contributed by atoms with E-state index in [9.17, 15) is 0 Å². The lowest BCUT2D eigenvalue weighted by atomic mass is 9.90. The van der Waals surface area contributed by atoms with Gasteiger partial charge in [0.15, 0.2) is 0 Å². The Morgan fingerprint density at radius 2 is 1.32 bits per heavy atom. The van der Waals surface area contributed by atoms with E-state index in [0.29, 0.717) is 5.88 Å². The van der Waals surface area contributed by atoms with Gasteiger partial charge in [0, 0.05) is 6.61 Å². The molecule has 0 N–H and O–H groups in total. The van der Waals surface area contributed by atoms with E-state index < -0.39 is 0 Å². The van der Waals surface area contributed by atoms with E-state index in [-0.39, 0.29) is 5.60 Å². The van der Waals surface area contributed by atoms with E-state index in [1.807, 2.05) is 0 Å². The predicted octanol–water partition coefficient (Wildman–Crippen LogP) is 7.26. The van der Waals surface area contributed by atoms with E-state index in [1.54, 1.807) is 0 Å². The second-order valence-electron chi connectivity index (χ2n) is 7.26. The SMILES string of the molecule is CCCCCCCCCCCCCCC1(CCl)CCCCO1. The standard InChI is InChI=1S/C20H39ClO/c1-2-3-4-5-6-7-8-9-10-11-12-13-16-20(19-21)17-14-15-18-22-20/h2-19H2,1H3. The van der Waals surface area contributed by atoms with Crippen LogP contribution in [-0.4, -0.2) is 18.1 Å². The smallest absolute Gasteiger partial charge is 0.0817 e. The second-order valence-corrected chi connectivity index (χ2v) is 7.53. The Bertz CT molecular complexity index is 236. The summed E-state index contributed by atoms with van der Waals surface area (Å²) in [5.41, 5.74) is 0.0261. The molecule has 1 saturated heterocycles. The molecule has 1 nitrogen and oxygen atoms in total. The van der Waals surface area contributed by atoms with Gasteiger partial charge in [-0.1, -0.05) is 84.0 Å². The van der Waals surface area contributed by atoms with Gasteiger partial charge in [-0.15, -0.1) is 11.6 Å². The Labute approximate surface area is 144 Å². The molecule has 0 aliphatic carbocycles. The molecule has 1 rings (SSSR count). The van der Waals surface area contributed by atoms with Crippen molar-refractivity contribution >= 4 is 11.6 Å². The van der Waals surface area contributed by atoms with Crippen molar-refractivity contribution in [1.82, 2.24) is 0 Å². The minimum Gasteiger partial charge on any atom is -0.374 e. The fourth-order valence-corrected chi connectivity index (χ4v) is 3.91. The molecule has 0 aromatic rings. The molecule has 22 heavy (non-hydrogen) atoms. The van der Waals surface area contributed by atoms with E-state index in [0.717, 1.165) is 6.61 Å². The Balaban J connectivity index is 1.85. The van der Waals surface area contributed by atoms with Crippen molar-refractivity contribution in [1.29, 1.82) is 0 Å². The molecule has 1 aliphatic heterocycles. The molecule has 2 heteroatoms. The summed E-state index contributed by atoms with van der Waals surface area (Å²) >= 11 is 6.15. The predicted molar refractivity (Wildman–Crippen MR) is 98.9 cm³/mol. The zero-order valence-electron chi connectivity index (χ0n) is 15.0. The molecule has 1 unspecified atom stereocenters. The lowest BCUT2D eigenvalue weighted by Gasteiger charge is -2.35. The van der Waals surface area contributed by atoms with E-state index in [1.165, 1.54) is 103 Å². The minimum atomic E-state index is 0.0261. The first-order valence-electron chi connectivity index (χ1n) is 10.0. The van der Waals surface area contributed by atoms with Crippen LogP contribution >= 0.6 is 11.6 Å². The summed E-state index contributed by atoms with van der Waals surface area (Å²) in [6.45, 7) is 3.21. The van der Waals surface area contributed by atoms with Crippen LogP contribution in [0.4, 0.5) is 0 Å². The van der Waals surface area contributed by atoms with Gasteiger partial charge in [0.1, 0.15) is 0 Å². The average molecular weight is 331 g/mol. The first-order chi connectivity index (χ1) is 10.8. The minimum absolute atomic E-state index is 0.0261. The highest BCUT2D eigenvalue weighted by atomic mass is 35.5. The van der Waals surface area contributed by atoms with Gasteiger partial charge in [-0.05, 0) is 25.7 Å². The van der Waals surface area contributed by atoms with Gasteiger partial charge in [-0.25, -0.2) is 0 Å². The van der Waals surface area contributed by atoms with Gasteiger partial charge in [0.2, 0.25) is 0 Å². The van der Waals surface area contributed by atoms with Crippen LogP contribution in [0.25, 0.3) is 0 Å². The van der Waals surface area contributed by atoms with Crippen LogP contribution in [0, 0.1) is 0 Å². The number of halogens is 1. The average Bonchev–Trinajstić information content (AvgIpc) is 2.57. The molecule has 0 spiro atoms. The van der Waals surface area contributed by atoms with Crippen molar-refractivity contribution in [2.45, 2.75) is 115 Å². The van der Waals surface area contributed by atoms with Gasteiger partial charge in [0.25, 0.3) is 0 Å². The molecule has 1 atom stereocenters. The highest BCUT2D eigenvalue weighted by Crippen LogP contribution is 2.31. The maximum Gasteiger partial charge on any atom is 0.0817 e. The fraction of sp³-hybridized carbons (Fsp3) is 1.00. The summed E-state index contributed by atoms with van der Waals surface area (Å²) in [7, 11) is 0. The van der Waals surface area contributed by atoms with Crippen LogP contribution in [-0.2, 0) is 4.74 Å². The van der Waals surface area contributed by atoms with Gasteiger partial charge in [0.05, 0.1) is 11.5 Å². The van der Waals surface area contributed by atoms with E-state index in [4.69, 9.17) is 16.3 Å². The van der Waals surface area contributed by atoms with Crippen LogP contribution in [0.5, 0.6) is 0 Å². The Kier molecular flexibility index (Phi) is 12.6. The number of rotatable bonds is 14. The lowest BCUT2D eigenvalue weighted by molar-refractivity contribution is -0.0686. The van der Waals surface area contributed by atoms with Crippen molar-refractivity contribution in [2.24, 2.45) is 0 Å². The summed E-state index contributed by atoms with van der Waals surface area (Å²) in [5.74, 6) is 0.686. The molecular weight excluding hydrogens is 292 g/mol. The largest absolute Gasteiger partial charge is 0.374 e. The van der Waals surface area contributed by atoms with E-state index >= 15 is 0 Å². The topological polar surface area (TPSA) is 9.23 Å². The third-order valence-corrected chi connectivity index (χ3v) is 5.65. The highest BCUT2D eigenvalue weighted by Gasteiger charge is 2.31. The number of hydrogen-bond donors (Lipinski definition) is 0. The maximum atomic E-state index is 6.15. The van der Waals surface area contributed by atoms with Crippen molar-refractivity contribution in [2.75, 3.05) is 12.5 Å². The highest BCUT2D eigenvalue weighted by molar-refractivity contribution is 6.18. The molecular formula is C20H39ClO. The van der Waals surface area contributed by atoms with Gasteiger partial charge < -0.3 is 4.74 Å². The molecule has 0 amide bonds. The zero-order valence-corrected chi connectivity index (χ0v) is 15.8. The Hall–Kier alpha value is 0.250. The molecule has 0 aromatic carbocycles. The summed E-state index contributed by atoms with van der Waals surface area (Å²) in [4.78, 5) is 0. The Morgan fingerprint density at radius 1 is 0.773 bits per heavy atom. The third kappa shape index (κ3) is 9.40. The summed E-state index contributed by atoms with van der Waals surface area (Å²) in [6, 6.07) is 0. The quantitative estimate of drug-likeness (QED) is 0.240. The molecule has 0 saturated carbocycles. The third-order valence-electron chi connectivity index (χ3n) is 5.16. The molecule has 0 bridgehead atoms. The van der Waals surface area contributed by atoms with Crippen molar-refractivity contribution < 1.29 is 4.74 Å². The molecule has 0 radical (unpaired) electrons. The summed E-state index contributed by atoms with van der Waals surface area (Å²) in [6.07, 6.45) is 21.8. The summed E-state index contributed by atoms with van der Waals surface area (Å²) in [5, 5.41) is 0. The molecule has 1 aliphatic rings. The van der Waals surface area contributed by atoms with Crippen LogP contribution in [0.3, 0.4) is 0 Å². The number of unbranched alkanes of at least 4 members (excludes halogenated alkanes) is 11. The van der Waals surface area contributed by atoms with Crippen molar-refractivity contribution in [3.05, 3.63) is 0 Å². The fourth-order valence-electron chi connectivity index (χ4n) is 3.57. The molecule has 132 valence electrons. The number of ether oxygens (including phenoxy) is 1. The number of hydrogen-bond acceptors (Lipinski definition) is 1. The monoisotopic (exact) mass is 330 g/mol. The first kappa shape index (κ1) is 20.3. The maximum absolute atomic E-state index is 6.15. The molecule has 1 heterocycles. The van der Waals surface area contributed by atoms with Crippen molar-refractivity contribution in [3.63, 3.8) is 0 Å². The second kappa shape index (κ2) is 13.7. The Morgan fingerprint density at radius 3 is 1.77 bits per heavy atom. The van der Waals surface area contributed by atoms with Crippen LogP contribution in [0.15, 0.2) is 0 Å². The molecule has 1 fully saturated rings. The van der Waals surface area contributed by atoms with Gasteiger partial charge in [-0.3, -0.25) is 0 Å². The van der Waals surface area contributed by atoms with Crippen molar-refractivity contribution in [3.8, 4) is 0 Å². The zero-order chi connectivity index (χ0) is 15.9. The molecule has 0 aromatic heterocycles. The lowest BCUT2D eigenvalue weighted by Crippen LogP contribution is -2.38. The summed E-state index contributed by atoms with van der Waals surface area (Å²) < 4.78 is 5.98. The van der Waals surface area contributed by atoms with Gasteiger partial charge in [-0.2, -0.15) is 0 Å². The first-order valence-corrected chi connectivity index (χ1v) is 10.6. The van der Waals surface area contributed by atoms with E-state index in [2.05, 4.69) is 6.92 Å². The van der Waals surface area contributed by atoms with Crippen LogP contribution in [0.1, 0.15) is 110 Å². The van der Waals surface area contributed by atoms with Gasteiger partial charge >= 0.3 is 0 Å². The number of alkyl halides is 1. The van der Waals surface area contributed by atoms with Crippen LogP contribution < -0.4 is 0 Å². The normalized spacial score (nSPS) is 22.1. The van der Waals surface area contributed by atoms with Crippen LogP contribution in [0.2, 0.25) is 0 Å².